The van der Waals surface area contributed by atoms with Gasteiger partial charge in [0, 0.05) is 13.2 Å². The van der Waals surface area contributed by atoms with E-state index in [4.69, 9.17) is 0 Å². The predicted octanol–water partition coefficient (Wildman–Crippen LogP) is 1.48. The number of anilines is 1. The van der Waals surface area contributed by atoms with Crippen LogP contribution >= 0.6 is 0 Å². The summed E-state index contributed by atoms with van der Waals surface area (Å²) in [6, 6.07) is 5.43. The van der Waals surface area contributed by atoms with Crippen LogP contribution in [0, 0.1) is 5.92 Å². The number of hydrogen-bond donors (Lipinski definition) is 2. The molecule has 2 aromatic rings. The van der Waals surface area contributed by atoms with E-state index in [-0.39, 0.29) is 12.1 Å². The van der Waals surface area contributed by atoms with Crippen molar-refractivity contribution in [3.05, 3.63) is 36.3 Å². The van der Waals surface area contributed by atoms with E-state index < -0.39 is 0 Å². The lowest BCUT2D eigenvalue weighted by Gasteiger charge is -2.18. The van der Waals surface area contributed by atoms with Crippen molar-refractivity contribution in [2.75, 3.05) is 5.32 Å². The first-order valence-electron chi connectivity index (χ1n) is 6.57. The molecule has 7 nitrogen and oxygen atoms in total. The molecule has 1 atom stereocenters. The average molecular weight is 272 g/mol. The van der Waals surface area contributed by atoms with Gasteiger partial charge >= 0.3 is 6.03 Å². The van der Waals surface area contributed by atoms with Gasteiger partial charge in [0.1, 0.15) is 0 Å². The first-order valence-corrected chi connectivity index (χ1v) is 6.57. The fraction of sp³-hybridized carbons (Fsp3) is 0.385. The van der Waals surface area contributed by atoms with Crippen molar-refractivity contribution < 1.29 is 4.79 Å². The van der Waals surface area contributed by atoms with Crippen LogP contribution in [0.1, 0.15) is 24.6 Å². The van der Waals surface area contributed by atoms with Crippen molar-refractivity contribution in [3.63, 3.8) is 0 Å². The highest BCUT2D eigenvalue weighted by atomic mass is 16.2. The van der Waals surface area contributed by atoms with Gasteiger partial charge in [-0.3, -0.25) is 10.3 Å². The standard InChI is InChI=1S/C13H16N6O/c1-19-11(8-15-18-19)16-13(20)17-12(9-5-6-9)10-4-2-3-7-14-10/h2-4,7-9,12H,5-6H2,1H3,(H2,16,17,20). The lowest BCUT2D eigenvalue weighted by molar-refractivity contribution is 0.246. The second kappa shape index (κ2) is 5.28. The van der Waals surface area contributed by atoms with E-state index >= 15 is 0 Å². The maximum Gasteiger partial charge on any atom is 0.320 e. The molecule has 0 spiro atoms. The third-order valence-corrected chi connectivity index (χ3v) is 3.34. The lowest BCUT2D eigenvalue weighted by Crippen LogP contribution is -2.34. The molecule has 2 aromatic heterocycles. The van der Waals surface area contributed by atoms with Crippen LogP contribution in [-0.2, 0) is 7.05 Å². The van der Waals surface area contributed by atoms with Gasteiger partial charge in [0.25, 0.3) is 0 Å². The molecule has 104 valence electrons. The van der Waals surface area contributed by atoms with Crippen LogP contribution in [0.4, 0.5) is 10.6 Å². The van der Waals surface area contributed by atoms with E-state index in [0.717, 1.165) is 18.5 Å². The predicted molar refractivity (Wildman–Crippen MR) is 72.9 cm³/mol. The van der Waals surface area contributed by atoms with E-state index in [1.807, 2.05) is 18.2 Å². The van der Waals surface area contributed by atoms with Crippen molar-refractivity contribution in [2.24, 2.45) is 13.0 Å². The number of carbonyl (C=O) groups is 1. The third-order valence-electron chi connectivity index (χ3n) is 3.34. The number of rotatable bonds is 4. The maximum absolute atomic E-state index is 12.1. The zero-order chi connectivity index (χ0) is 13.9. The van der Waals surface area contributed by atoms with Crippen molar-refractivity contribution in [2.45, 2.75) is 18.9 Å². The highest BCUT2D eigenvalue weighted by Crippen LogP contribution is 2.40. The summed E-state index contributed by atoms with van der Waals surface area (Å²) < 4.78 is 1.51. The fourth-order valence-electron chi connectivity index (χ4n) is 2.12. The Morgan fingerprint density at radius 2 is 2.30 bits per heavy atom. The normalized spacial score (nSPS) is 15.7. The Bertz CT molecular complexity index is 592. The van der Waals surface area contributed by atoms with Crippen LogP contribution in [0.2, 0.25) is 0 Å². The molecule has 0 saturated heterocycles. The van der Waals surface area contributed by atoms with Crippen LogP contribution in [-0.4, -0.2) is 26.0 Å². The molecule has 0 aliphatic heterocycles. The Morgan fingerprint density at radius 3 is 2.90 bits per heavy atom. The molecule has 2 heterocycles. The van der Waals surface area contributed by atoms with Crippen molar-refractivity contribution in [1.82, 2.24) is 25.3 Å². The van der Waals surface area contributed by atoms with Crippen LogP contribution < -0.4 is 10.6 Å². The smallest absolute Gasteiger partial charge is 0.320 e. The molecular weight excluding hydrogens is 256 g/mol. The molecule has 3 rings (SSSR count). The largest absolute Gasteiger partial charge is 0.329 e. The van der Waals surface area contributed by atoms with Gasteiger partial charge in [0.05, 0.1) is 17.9 Å². The summed E-state index contributed by atoms with van der Waals surface area (Å²) in [5.74, 6) is 1.03. The molecule has 2 amide bonds. The van der Waals surface area contributed by atoms with Gasteiger partial charge in [-0.25, -0.2) is 9.48 Å². The maximum atomic E-state index is 12.1. The first kappa shape index (κ1) is 12.6. The number of nitrogens with one attached hydrogen (secondary N) is 2. The zero-order valence-electron chi connectivity index (χ0n) is 11.2. The molecular formula is C13H16N6O. The summed E-state index contributed by atoms with van der Waals surface area (Å²) >= 11 is 0. The number of aryl methyl sites for hydroxylation is 1. The Kier molecular flexibility index (Phi) is 3.32. The summed E-state index contributed by atoms with van der Waals surface area (Å²) in [4.78, 5) is 16.4. The molecule has 1 aliphatic rings. The highest BCUT2D eigenvalue weighted by Gasteiger charge is 2.34. The number of urea groups is 1. The molecule has 0 bridgehead atoms. The minimum atomic E-state index is -0.266. The molecule has 1 fully saturated rings. The van der Waals surface area contributed by atoms with Crippen LogP contribution in [0.5, 0.6) is 0 Å². The Hall–Kier alpha value is -2.44. The Morgan fingerprint density at radius 1 is 1.45 bits per heavy atom. The molecule has 0 aromatic carbocycles. The van der Waals surface area contributed by atoms with E-state index in [2.05, 4.69) is 25.9 Å². The van der Waals surface area contributed by atoms with Crippen molar-refractivity contribution in [1.29, 1.82) is 0 Å². The second-order valence-corrected chi connectivity index (χ2v) is 4.91. The summed E-state index contributed by atoms with van der Waals surface area (Å²) in [5.41, 5.74) is 0.897. The van der Waals surface area contributed by atoms with Gasteiger partial charge in [0.2, 0.25) is 0 Å². The molecule has 1 saturated carbocycles. The van der Waals surface area contributed by atoms with Gasteiger partial charge in [-0.15, -0.1) is 5.10 Å². The minimum Gasteiger partial charge on any atom is -0.329 e. The zero-order valence-corrected chi connectivity index (χ0v) is 11.2. The molecule has 2 N–H and O–H groups in total. The van der Waals surface area contributed by atoms with Crippen LogP contribution in [0.3, 0.4) is 0 Å². The lowest BCUT2D eigenvalue weighted by atomic mass is 10.1. The van der Waals surface area contributed by atoms with Gasteiger partial charge in [0.15, 0.2) is 5.82 Å². The molecule has 0 radical (unpaired) electrons. The summed E-state index contributed by atoms with van der Waals surface area (Å²) in [6.07, 6.45) is 5.49. The van der Waals surface area contributed by atoms with Crippen molar-refractivity contribution >= 4 is 11.8 Å². The number of aromatic nitrogens is 4. The number of nitrogens with zero attached hydrogens (tertiary/aromatic N) is 4. The number of carbonyl (C=O) groups excluding carboxylic acids is 1. The van der Waals surface area contributed by atoms with E-state index in [1.165, 1.54) is 10.9 Å². The quantitative estimate of drug-likeness (QED) is 0.883. The van der Waals surface area contributed by atoms with Gasteiger partial charge < -0.3 is 5.32 Å². The van der Waals surface area contributed by atoms with E-state index in [1.54, 1.807) is 13.2 Å². The second-order valence-electron chi connectivity index (χ2n) is 4.91. The number of pyridine rings is 1. The topological polar surface area (TPSA) is 84.7 Å². The van der Waals surface area contributed by atoms with Crippen LogP contribution in [0.15, 0.2) is 30.6 Å². The Balaban J connectivity index is 1.68. The van der Waals surface area contributed by atoms with E-state index in [0.29, 0.717) is 11.7 Å². The highest BCUT2D eigenvalue weighted by molar-refractivity contribution is 5.88. The summed E-state index contributed by atoms with van der Waals surface area (Å²) in [7, 11) is 1.72. The number of hydrogen-bond acceptors (Lipinski definition) is 4. The molecule has 20 heavy (non-hydrogen) atoms. The number of amides is 2. The van der Waals surface area contributed by atoms with Crippen molar-refractivity contribution in [3.8, 4) is 0 Å². The monoisotopic (exact) mass is 272 g/mol. The molecule has 1 aliphatic carbocycles. The summed E-state index contributed by atoms with van der Waals surface area (Å²) in [6.45, 7) is 0. The summed E-state index contributed by atoms with van der Waals surface area (Å²) in [5, 5.41) is 13.2. The fourth-order valence-corrected chi connectivity index (χ4v) is 2.12. The SMILES string of the molecule is Cn1nncc1NC(=O)NC(c1ccccn1)C1CC1. The minimum absolute atomic E-state index is 0.0441. The third kappa shape index (κ3) is 2.76. The van der Waals surface area contributed by atoms with Gasteiger partial charge in [-0.2, -0.15) is 0 Å². The Labute approximate surface area is 116 Å². The van der Waals surface area contributed by atoms with E-state index in [9.17, 15) is 4.79 Å². The van der Waals surface area contributed by atoms with Gasteiger partial charge in [-0.1, -0.05) is 11.3 Å². The van der Waals surface area contributed by atoms with Crippen LogP contribution in [0.25, 0.3) is 0 Å². The first-order chi connectivity index (χ1) is 9.74. The molecule has 7 heteroatoms. The van der Waals surface area contributed by atoms with Gasteiger partial charge in [-0.05, 0) is 30.9 Å². The molecule has 1 unspecified atom stereocenters. The average Bonchev–Trinajstić information content (AvgIpc) is 3.22.